The standard InChI is InChI=1S/C17H20N2O3S/c20-23(21,17-7-1-4-13-8-9-18-12-14(13)17)19-10-2-5-15(19)16-6-3-11-22-16/h1,4,7-9,12,15-16H,2-3,5-6,10-11H2. The highest BCUT2D eigenvalue weighted by Gasteiger charge is 2.41. The maximum atomic E-state index is 13.3. The number of pyridine rings is 1. The molecule has 1 aromatic carbocycles. The van der Waals surface area contributed by atoms with Crippen LogP contribution in [0.15, 0.2) is 41.6 Å². The third kappa shape index (κ3) is 2.55. The van der Waals surface area contributed by atoms with Crippen molar-refractivity contribution in [2.45, 2.75) is 42.7 Å². The second kappa shape index (κ2) is 5.85. The first-order valence-corrected chi connectivity index (χ1v) is 9.58. The molecule has 0 bridgehead atoms. The van der Waals surface area contributed by atoms with Crippen LogP contribution in [0, 0.1) is 0 Å². The summed E-state index contributed by atoms with van der Waals surface area (Å²) in [5, 5.41) is 1.59. The lowest BCUT2D eigenvalue weighted by molar-refractivity contribution is 0.0645. The molecule has 122 valence electrons. The number of ether oxygens (including phenoxy) is 1. The topological polar surface area (TPSA) is 59.5 Å². The van der Waals surface area contributed by atoms with Crippen molar-refractivity contribution in [3.8, 4) is 0 Å². The summed E-state index contributed by atoms with van der Waals surface area (Å²) in [6.07, 6.45) is 7.12. The molecule has 2 aromatic rings. The van der Waals surface area contributed by atoms with E-state index >= 15 is 0 Å². The van der Waals surface area contributed by atoms with E-state index in [0.717, 1.165) is 37.7 Å². The zero-order valence-electron chi connectivity index (χ0n) is 12.9. The van der Waals surface area contributed by atoms with Crippen LogP contribution in [0.2, 0.25) is 0 Å². The summed E-state index contributed by atoms with van der Waals surface area (Å²) in [5.41, 5.74) is 0. The molecule has 0 spiro atoms. The Morgan fingerprint density at radius 2 is 2.09 bits per heavy atom. The van der Waals surface area contributed by atoms with Crippen molar-refractivity contribution in [1.29, 1.82) is 0 Å². The van der Waals surface area contributed by atoms with Gasteiger partial charge in [0.1, 0.15) is 0 Å². The smallest absolute Gasteiger partial charge is 0.244 e. The maximum Gasteiger partial charge on any atom is 0.244 e. The average molecular weight is 332 g/mol. The molecule has 1 aromatic heterocycles. The van der Waals surface area contributed by atoms with Crippen LogP contribution < -0.4 is 0 Å². The molecule has 2 aliphatic heterocycles. The van der Waals surface area contributed by atoms with E-state index < -0.39 is 10.0 Å². The molecule has 0 N–H and O–H groups in total. The van der Waals surface area contributed by atoms with Gasteiger partial charge in [-0.2, -0.15) is 4.31 Å². The molecule has 2 fully saturated rings. The fraction of sp³-hybridized carbons (Fsp3) is 0.471. The molecule has 4 rings (SSSR count). The van der Waals surface area contributed by atoms with Crippen LogP contribution in [-0.2, 0) is 14.8 Å². The third-order valence-corrected chi connectivity index (χ3v) is 6.86. The Morgan fingerprint density at radius 1 is 1.17 bits per heavy atom. The Labute approximate surface area is 136 Å². The lowest BCUT2D eigenvalue weighted by Gasteiger charge is -2.28. The fourth-order valence-electron chi connectivity index (χ4n) is 3.78. The van der Waals surface area contributed by atoms with E-state index in [0.29, 0.717) is 16.8 Å². The molecular weight excluding hydrogens is 312 g/mol. The summed E-state index contributed by atoms with van der Waals surface area (Å²) in [6, 6.07) is 7.21. The third-order valence-electron chi connectivity index (χ3n) is 4.87. The normalized spacial score (nSPS) is 26.1. The number of sulfonamides is 1. The van der Waals surface area contributed by atoms with Gasteiger partial charge < -0.3 is 4.74 Å². The van der Waals surface area contributed by atoms with E-state index in [1.807, 2.05) is 12.1 Å². The monoisotopic (exact) mass is 332 g/mol. The molecule has 2 saturated heterocycles. The van der Waals surface area contributed by atoms with Crippen molar-refractivity contribution < 1.29 is 13.2 Å². The van der Waals surface area contributed by atoms with Gasteiger partial charge in [0.05, 0.1) is 17.0 Å². The first kappa shape index (κ1) is 15.1. The largest absolute Gasteiger partial charge is 0.377 e. The molecule has 5 nitrogen and oxygen atoms in total. The van der Waals surface area contributed by atoms with Crippen LogP contribution in [-0.4, -0.2) is 43.0 Å². The summed E-state index contributed by atoms with van der Waals surface area (Å²) in [6.45, 7) is 1.32. The van der Waals surface area contributed by atoms with Crippen molar-refractivity contribution in [1.82, 2.24) is 9.29 Å². The Balaban J connectivity index is 1.76. The predicted octanol–water partition coefficient (Wildman–Crippen LogP) is 2.57. The highest BCUT2D eigenvalue weighted by molar-refractivity contribution is 7.89. The van der Waals surface area contributed by atoms with Gasteiger partial charge in [-0.1, -0.05) is 12.1 Å². The molecule has 0 aliphatic carbocycles. The van der Waals surface area contributed by atoms with Gasteiger partial charge in [0.15, 0.2) is 0 Å². The number of fused-ring (bicyclic) bond motifs is 1. The summed E-state index contributed by atoms with van der Waals surface area (Å²) in [5.74, 6) is 0. The van der Waals surface area contributed by atoms with E-state index in [4.69, 9.17) is 4.74 Å². The van der Waals surface area contributed by atoms with Gasteiger partial charge in [-0.25, -0.2) is 8.42 Å². The van der Waals surface area contributed by atoms with E-state index in [2.05, 4.69) is 4.98 Å². The number of benzene rings is 1. The lowest BCUT2D eigenvalue weighted by atomic mass is 10.1. The number of rotatable bonds is 3. The number of hydrogen-bond acceptors (Lipinski definition) is 4. The molecule has 0 saturated carbocycles. The lowest BCUT2D eigenvalue weighted by Crippen LogP contribution is -2.42. The van der Waals surface area contributed by atoms with Gasteiger partial charge in [-0.3, -0.25) is 4.98 Å². The van der Waals surface area contributed by atoms with Crippen molar-refractivity contribution in [3.63, 3.8) is 0 Å². The average Bonchev–Trinajstić information content (AvgIpc) is 3.25. The first-order chi connectivity index (χ1) is 11.2. The van der Waals surface area contributed by atoms with Crippen LogP contribution in [0.5, 0.6) is 0 Å². The van der Waals surface area contributed by atoms with Crippen LogP contribution in [0.4, 0.5) is 0 Å². The summed E-state index contributed by atoms with van der Waals surface area (Å²) in [7, 11) is -3.54. The van der Waals surface area contributed by atoms with Crippen molar-refractivity contribution in [2.24, 2.45) is 0 Å². The van der Waals surface area contributed by atoms with Crippen molar-refractivity contribution in [3.05, 3.63) is 36.7 Å². The molecule has 0 radical (unpaired) electrons. The summed E-state index contributed by atoms with van der Waals surface area (Å²) in [4.78, 5) is 4.46. The highest BCUT2D eigenvalue weighted by atomic mass is 32.2. The second-order valence-electron chi connectivity index (χ2n) is 6.23. The minimum atomic E-state index is -3.54. The number of hydrogen-bond donors (Lipinski definition) is 0. The van der Waals surface area contributed by atoms with E-state index in [9.17, 15) is 8.42 Å². The molecule has 6 heteroatoms. The molecule has 2 unspecified atom stereocenters. The van der Waals surface area contributed by atoms with E-state index in [1.54, 1.807) is 28.8 Å². The SMILES string of the molecule is O=S(=O)(c1cccc2ccncc12)N1CCCC1C1CCCO1. The van der Waals surface area contributed by atoms with Crippen LogP contribution >= 0.6 is 0 Å². The minimum Gasteiger partial charge on any atom is -0.377 e. The van der Waals surface area contributed by atoms with Crippen LogP contribution in [0.1, 0.15) is 25.7 Å². The molecule has 2 aliphatic rings. The van der Waals surface area contributed by atoms with Crippen LogP contribution in [0.3, 0.4) is 0 Å². The number of aromatic nitrogens is 1. The van der Waals surface area contributed by atoms with Gasteiger partial charge in [-0.05, 0) is 43.2 Å². The maximum absolute atomic E-state index is 13.3. The molecule has 23 heavy (non-hydrogen) atoms. The summed E-state index contributed by atoms with van der Waals surface area (Å²) < 4.78 is 33.9. The van der Waals surface area contributed by atoms with Crippen LogP contribution in [0.25, 0.3) is 10.8 Å². The Bertz CT molecular complexity index is 810. The molecule has 3 heterocycles. The minimum absolute atomic E-state index is 0.0329. The number of nitrogens with zero attached hydrogens (tertiary/aromatic N) is 2. The Hall–Kier alpha value is -1.50. The van der Waals surface area contributed by atoms with E-state index in [-0.39, 0.29) is 12.1 Å². The molecular formula is C17H20N2O3S. The quantitative estimate of drug-likeness (QED) is 0.867. The molecule has 2 atom stereocenters. The van der Waals surface area contributed by atoms with Gasteiger partial charge in [0.2, 0.25) is 10.0 Å². The van der Waals surface area contributed by atoms with Gasteiger partial charge in [-0.15, -0.1) is 0 Å². The Morgan fingerprint density at radius 3 is 2.91 bits per heavy atom. The fourth-order valence-corrected chi connectivity index (χ4v) is 5.70. The first-order valence-electron chi connectivity index (χ1n) is 8.14. The predicted molar refractivity (Wildman–Crippen MR) is 87.6 cm³/mol. The zero-order chi connectivity index (χ0) is 15.9. The van der Waals surface area contributed by atoms with Crippen molar-refractivity contribution in [2.75, 3.05) is 13.2 Å². The highest BCUT2D eigenvalue weighted by Crippen LogP contribution is 2.34. The Kier molecular flexibility index (Phi) is 3.83. The van der Waals surface area contributed by atoms with Gasteiger partial charge >= 0.3 is 0 Å². The zero-order valence-corrected chi connectivity index (χ0v) is 13.7. The van der Waals surface area contributed by atoms with Gasteiger partial charge in [0, 0.05) is 30.9 Å². The summed E-state index contributed by atoms with van der Waals surface area (Å²) >= 11 is 0. The van der Waals surface area contributed by atoms with Gasteiger partial charge in [0.25, 0.3) is 0 Å². The second-order valence-corrected chi connectivity index (χ2v) is 8.09. The van der Waals surface area contributed by atoms with E-state index in [1.165, 1.54) is 0 Å². The molecule has 0 amide bonds. The van der Waals surface area contributed by atoms with Crippen molar-refractivity contribution >= 4 is 20.8 Å².